The average Bonchev–Trinajstić information content (AvgIpc) is 3.43. The lowest BCUT2D eigenvalue weighted by molar-refractivity contribution is -0.117. The van der Waals surface area contributed by atoms with Crippen molar-refractivity contribution in [1.82, 2.24) is 15.1 Å². The first-order valence-corrected chi connectivity index (χ1v) is 11.4. The van der Waals surface area contributed by atoms with Crippen LogP contribution < -0.4 is 15.4 Å². The summed E-state index contributed by atoms with van der Waals surface area (Å²) in [6, 6.07) is 14.8. The zero-order valence-corrected chi connectivity index (χ0v) is 19.9. The molecule has 1 aliphatic heterocycles. The number of anilines is 1. The fourth-order valence-electron chi connectivity index (χ4n) is 4.12. The number of amides is 1. The molecule has 0 spiro atoms. The smallest absolute Gasteiger partial charge is 0.387 e. The van der Waals surface area contributed by atoms with Crippen molar-refractivity contribution in [1.29, 1.82) is 0 Å². The molecular weight excluding hydrogens is 462 g/mol. The fraction of sp³-hybridized carbons (Fsp3) is 0.360. The number of hydrogen-bond donors (Lipinski definition) is 2. The van der Waals surface area contributed by atoms with Gasteiger partial charge in [-0.25, -0.2) is 0 Å². The second kappa shape index (κ2) is 9.72. The highest BCUT2D eigenvalue weighted by Gasteiger charge is 2.40. The van der Waals surface area contributed by atoms with Gasteiger partial charge in [0.1, 0.15) is 5.75 Å². The zero-order chi connectivity index (χ0) is 24.5. The third-order valence-electron chi connectivity index (χ3n) is 5.84. The summed E-state index contributed by atoms with van der Waals surface area (Å²) in [6.45, 7) is 3.36. The van der Waals surface area contributed by atoms with E-state index in [2.05, 4.69) is 36.1 Å². The lowest BCUT2D eigenvalue weighted by Gasteiger charge is -2.21. The van der Waals surface area contributed by atoms with Crippen molar-refractivity contribution in [3.63, 3.8) is 0 Å². The minimum atomic E-state index is -2.90. The summed E-state index contributed by atoms with van der Waals surface area (Å²) in [4.78, 5) is 13.1. The average molecular weight is 489 g/mol. The predicted molar refractivity (Wildman–Crippen MR) is 127 cm³/mol. The van der Waals surface area contributed by atoms with Crippen LogP contribution in [-0.2, 0) is 10.3 Å². The van der Waals surface area contributed by atoms with Crippen molar-refractivity contribution in [3.05, 3.63) is 77.1 Å². The molecule has 6 nitrogen and oxygen atoms in total. The topological polar surface area (TPSA) is 68.2 Å². The molecule has 4 rings (SSSR count). The number of rotatable bonds is 6. The minimum absolute atomic E-state index is 0.0256. The summed E-state index contributed by atoms with van der Waals surface area (Å²) < 4.78 is 31.0. The highest BCUT2D eigenvalue weighted by molar-refractivity contribution is 6.30. The van der Waals surface area contributed by atoms with Crippen LogP contribution in [0.1, 0.15) is 50.4 Å². The van der Waals surface area contributed by atoms with Crippen molar-refractivity contribution in [2.75, 3.05) is 5.32 Å². The molecule has 0 radical (unpaired) electrons. The fourth-order valence-corrected chi connectivity index (χ4v) is 4.25. The van der Waals surface area contributed by atoms with Crippen molar-refractivity contribution in [2.24, 2.45) is 0 Å². The molecule has 2 heterocycles. The van der Waals surface area contributed by atoms with Crippen LogP contribution in [0, 0.1) is 0 Å². The molecule has 1 aliphatic rings. The van der Waals surface area contributed by atoms with Gasteiger partial charge < -0.3 is 10.1 Å². The molecule has 0 saturated carbocycles. The largest absolute Gasteiger partial charge is 0.435 e. The van der Waals surface area contributed by atoms with E-state index >= 15 is 0 Å². The molecule has 1 amide bonds. The van der Waals surface area contributed by atoms with Gasteiger partial charge in [-0.15, -0.1) is 0 Å². The van der Waals surface area contributed by atoms with Gasteiger partial charge in [-0.05, 0) is 75.2 Å². The molecule has 2 aromatic carbocycles. The molecule has 0 unspecified atom stereocenters. The van der Waals surface area contributed by atoms with Gasteiger partial charge in [0.15, 0.2) is 0 Å². The van der Waals surface area contributed by atoms with Crippen molar-refractivity contribution >= 4 is 23.2 Å². The molecule has 0 bridgehead atoms. The Balaban J connectivity index is 1.54. The van der Waals surface area contributed by atoms with E-state index in [1.54, 1.807) is 0 Å². The maximum atomic E-state index is 13.1. The molecule has 180 valence electrons. The summed E-state index contributed by atoms with van der Waals surface area (Å²) in [7, 11) is 0. The van der Waals surface area contributed by atoms with Gasteiger partial charge in [0.2, 0.25) is 5.91 Å². The van der Waals surface area contributed by atoms with Crippen molar-refractivity contribution < 1.29 is 18.3 Å². The molecule has 3 atom stereocenters. The maximum Gasteiger partial charge on any atom is 0.387 e. The Hall–Kier alpha value is -2.97. The third kappa shape index (κ3) is 5.56. The summed E-state index contributed by atoms with van der Waals surface area (Å²) in [5, 5.41) is 11.8. The van der Waals surface area contributed by atoms with Crippen LogP contribution in [0.4, 0.5) is 14.5 Å². The zero-order valence-electron chi connectivity index (χ0n) is 19.1. The number of aromatic nitrogens is 2. The van der Waals surface area contributed by atoms with Crippen LogP contribution in [-0.4, -0.2) is 28.3 Å². The Morgan fingerprint density at radius 2 is 1.82 bits per heavy atom. The van der Waals surface area contributed by atoms with Crippen molar-refractivity contribution in [2.45, 2.75) is 57.3 Å². The van der Waals surface area contributed by atoms with E-state index in [9.17, 15) is 13.6 Å². The molecule has 1 fully saturated rings. The first-order valence-electron chi connectivity index (χ1n) is 11.0. The van der Waals surface area contributed by atoms with Crippen LogP contribution in [0.3, 0.4) is 0 Å². The molecule has 0 aliphatic carbocycles. The predicted octanol–water partition coefficient (Wildman–Crippen LogP) is 5.72. The highest BCUT2D eigenvalue weighted by Crippen LogP contribution is 2.40. The number of carbonyl (C=O) groups is 1. The Kier molecular flexibility index (Phi) is 6.91. The SMILES string of the molecule is CC(C)(C)n1ccc([C@@H]2C[C@@H](C(=O)Nc3ccc(OC(F)F)cc3)N[C@H]2c2ccc(Cl)cc2)n1. The van der Waals surface area contributed by atoms with E-state index in [0.717, 1.165) is 11.3 Å². The van der Waals surface area contributed by atoms with Gasteiger partial charge in [-0.2, -0.15) is 13.9 Å². The Labute approximate surface area is 202 Å². The molecule has 2 N–H and O–H groups in total. The van der Waals surface area contributed by atoms with Crippen LogP contribution in [0.5, 0.6) is 5.75 Å². The lowest BCUT2D eigenvalue weighted by Crippen LogP contribution is -2.36. The molecule has 9 heteroatoms. The van der Waals surface area contributed by atoms with Gasteiger partial charge in [-0.1, -0.05) is 23.7 Å². The monoisotopic (exact) mass is 488 g/mol. The number of alkyl halides is 2. The molecule has 1 aromatic heterocycles. The molecular formula is C25H27ClF2N4O2. The van der Waals surface area contributed by atoms with Gasteiger partial charge in [0, 0.05) is 28.9 Å². The van der Waals surface area contributed by atoms with Gasteiger partial charge in [0.25, 0.3) is 0 Å². The number of hydrogen-bond acceptors (Lipinski definition) is 4. The summed E-state index contributed by atoms with van der Waals surface area (Å²) in [5.74, 6) is -0.203. The minimum Gasteiger partial charge on any atom is -0.435 e. The lowest BCUT2D eigenvalue weighted by atomic mass is 9.90. The van der Waals surface area contributed by atoms with Crippen LogP contribution in [0.2, 0.25) is 5.02 Å². The van der Waals surface area contributed by atoms with E-state index in [4.69, 9.17) is 16.7 Å². The van der Waals surface area contributed by atoms with Crippen LogP contribution in [0.25, 0.3) is 0 Å². The first-order chi connectivity index (χ1) is 16.1. The number of halogens is 3. The molecule has 34 heavy (non-hydrogen) atoms. The van der Waals surface area contributed by atoms with Crippen LogP contribution >= 0.6 is 11.6 Å². The summed E-state index contributed by atoms with van der Waals surface area (Å²) in [6.07, 6.45) is 2.51. The Morgan fingerprint density at radius 3 is 2.41 bits per heavy atom. The van der Waals surface area contributed by atoms with Gasteiger partial charge in [-0.3, -0.25) is 14.8 Å². The highest BCUT2D eigenvalue weighted by atomic mass is 35.5. The number of nitrogens with one attached hydrogen (secondary N) is 2. The first kappa shape index (κ1) is 24.2. The quantitative estimate of drug-likeness (QED) is 0.465. The number of nitrogens with zero attached hydrogens (tertiary/aromatic N) is 2. The normalized spacial score (nSPS) is 20.5. The van der Waals surface area contributed by atoms with E-state index in [0.29, 0.717) is 17.1 Å². The van der Waals surface area contributed by atoms with E-state index < -0.39 is 12.7 Å². The van der Waals surface area contributed by atoms with E-state index in [1.807, 2.05) is 41.2 Å². The van der Waals surface area contributed by atoms with Crippen molar-refractivity contribution in [3.8, 4) is 5.75 Å². The second-order valence-corrected chi connectivity index (χ2v) is 9.78. The second-order valence-electron chi connectivity index (χ2n) is 9.34. The maximum absolute atomic E-state index is 13.1. The summed E-state index contributed by atoms with van der Waals surface area (Å²) >= 11 is 6.08. The molecule has 3 aromatic rings. The number of benzene rings is 2. The standard InChI is InChI=1S/C25H27ClF2N4O2/c1-25(2,3)32-13-12-20(31-32)19-14-21(30-22(19)15-4-6-16(26)7-5-15)23(33)29-17-8-10-18(11-9-17)34-24(27)28/h4-13,19,21-22,24,30H,14H2,1-3H3,(H,29,33)/t19-,21-,22-/m0/s1. The summed E-state index contributed by atoms with van der Waals surface area (Å²) in [5.41, 5.74) is 2.27. The van der Waals surface area contributed by atoms with E-state index in [1.165, 1.54) is 24.3 Å². The Morgan fingerprint density at radius 1 is 1.15 bits per heavy atom. The molecule has 1 saturated heterocycles. The number of carbonyl (C=O) groups excluding carboxylic acids is 1. The van der Waals surface area contributed by atoms with Gasteiger partial charge >= 0.3 is 6.61 Å². The number of ether oxygens (including phenoxy) is 1. The van der Waals surface area contributed by atoms with Gasteiger partial charge in [0.05, 0.1) is 17.3 Å². The van der Waals surface area contributed by atoms with E-state index in [-0.39, 0.29) is 29.2 Å². The van der Waals surface area contributed by atoms with Crippen LogP contribution in [0.15, 0.2) is 60.8 Å². The Bertz CT molecular complexity index is 1130. The third-order valence-corrected chi connectivity index (χ3v) is 6.09.